The van der Waals surface area contributed by atoms with Crippen LogP contribution in [0.3, 0.4) is 0 Å². The van der Waals surface area contributed by atoms with E-state index in [1.807, 2.05) is 22.2 Å². The van der Waals surface area contributed by atoms with Crippen molar-refractivity contribution < 1.29 is 0 Å². The van der Waals surface area contributed by atoms with Crippen molar-refractivity contribution in [3.8, 4) is 16.3 Å². The summed E-state index contributed by atoms with van der Waals surface area (Å²) in [5, 5.41) is 18.7. The highest BCUT2D eigenvalue weighted by atomic mass is 32.1. The minimum Gasteiger partial charge on any atom is -0.238 e. The number of aryl methyl sites for hydroxylation is 2. The van der Waals surface area contributed by atoms with Gasteiger partial charge in [0.05, 0.1) is 11.4 Å². The first-order valence-electron chi connectivity index (χ1n) is 7.89. The third kappa shape index (κ3) is 2.41. The molecule has 4 aromatic rings. The van der Waals surface area contributed by atoms with Crippen LogP contribution < -0.4 is 0 Å². The van der Waals surface area contributed by atoms with Crippen LogP contribution in [0.2, 0.25) is 0 Å². The largest absolute Gasteiger partial charge is 0.238 e. The van der Waals surface area contributed by atoms with Crippen molar-refractivity contribution >= 4 is 16.3 Å². The van der Waals surface area contributed by atoms with Crippen LogP contribution in [0.5, 0.6) is 0 Å². The van der Waals surface area contributed by atoms with Crippen LogP contribution in [0, 0.1) is 13.8 Å². The third-order valence-corrected chi connectivity index (χ3v) is 4.83. The van der Waals surface area contributed by atoms with Crippen LogP contribution in [0.1, 0.15) is 37.0 Å². The van der Waals surface area contributed by atoms with E-state index in [1.54, 1.807) is 11.3 Å². The molecule has 7 heteroatoms. The van der Waals surface area contributed by atoms with Gasteiger partial charge in [0.15, 0.2) is 5.82 Å². The summed E-state index contributed by atoms with van der Waals surface area (Å²) in [5.41, 5.74) is 4.22. The van der Waals surface area contributed by atoms with Gasteiger partial charge in [0, 0.05) is 17.2 Å². The number of aromatic nitrogens is 6. The Morgan fingerprint density at radius 1 is 1.04 bits per heavy atom. The average Bonchev–Trinajstić information content (AvgIpc) is 3.20. The van der Waals surface area contributed by atoms with Gasteiger partial charge in [0.25, 0.3) is 0 Å². The predicted octanol–water partition coefficient (Wildman–Crippen LogP) is 3.78. The summed E-state index contributed by atoms with van der Waals surface area (Å²) >= 11 is 1.55. The Balaban J connectivity index is 1.80. The van der Waals surface area contributed by atoms with Gasteiger partial charge >= 0.3 is 0 Å². The number of hydrogen-bond acceptors (Lipinski definition) is 5. The van der Waals surface area contributed by atoms with Crippen molar-refractivity contribution in [3.63, 3.8) is 0 Å². The molecule has 122 valence electrons. The highest BCUT2D eigenvalue weighted by Crippen LogP contribution is 2.28. The van der Waals surface area contributed by atoms with Gasteiger partial charge in [-0.05, 0) is 32.0 Å². The van der Waals surface area contributed by atoms with E-state index in [9.17, 15) is 0 Å². The number of nitrogens with zero attached hydrogens (tertiary/aromatic N) is 6. The molecule has 0 N–H and O–H groups in total. The van der Waals surface area contributed by atoms with Gasteiger partial charge in [-0.2, -0.15) is 14.7 Å². The molecule has 0 radical (unpaired) electrons. The second kappa shape index (κ2) is 5.52. The van der Waals surface area contributed by atoms with Gasteiger partial charge in [-0.25, -0.2) is 4.68 Å². The minimum absolute atomic E-state index is 0.288. The third-order valence-electron chi connectivity index (χ3n) is 3.88. The Morgan fingerprint density at radius 2 is 1.88 bits per heavy atom. The topological polar surface area (TPSA) is 60.9 Å². The summed E-state index contributed by atoms with van der Waals surface area (Å²) < 4.78 is 3.80. The van der Waals surface area contributed by atoms with Crippen molar-refractivity contribution in [1.29, 1.82) is 0 Å². The Labute approximate surface area is 143 Å². The molecule has 0 unspecified atom stereocenters. The molecule has 0 aliphatic rings. The molecule has 0 amide bonds. The lowest BCUT2D eigenvalue weighted by Gasteiger charge is -2.05. The van der Waals surface area contributed by atoms with Crippen LogP contribution in [-0.2, 0) is 0 Å². The molecule has 0 bridgehead atoms. The zero-order valence-electron chi connectivity index (χ0n) is 14.1. The van der Waals surface area contributed by atoms with Gasteiger partial charge in [-0.15, -0.1) is 10.2 Å². The van der Waals surface area contributed by atoms with E-state index in [0.29, 0.717) is 0 Å². The van der Waals surface area contributed by atoms with Gasteiger partial charge in [0.2, 0.25) is 4.96 Å². The number of hydrogen-bond donors (Lipinski definition) is 0. The molecular weight excluding hydrogens is 320 g/mol. The monoisotopic (exact) mass is 338 g/mol. The molecule has 0 aliphatic carbocycles. The Bertz CT molecular complexity index is 1020. The van der Waals surface area contributed by atoms with Crippen LogP contribution in [0.4, 0.5) is 0 Å². The van der Waals surface area contributed by atoms with Crippen LogP contribution in [-0.4, -0.2) is 29.6 Å². The maximum Gasteiger partial charge on any atom is 0.234 e. The maximum atomic E-state index is 4.71. The van der Waals surface area contributed by atoms with E-state index >= 15 is 0 Å². The van der Waals surface area contributed by atoms with Crippen molar-refractivity contribution in [2.75, 3.05) is 0 Å². The molecule has 1 aromatic carbocycles. The van der Waals surface area contributed by atoms with Crippen molar-refractivity contribution in [3.05, 3.63) is 47.5 Å². The summed E-state index contributed by atoms with van der Waals surface area (Å²) in [6.07, 6.45) is 0. The molecule has 24 heavy (non-hydrogen) atoms. The molecule has 0 atom stereocenters. The first-order chi connectivity index (χ1) is 11.5. The number of rotatable bonds is 3. The molecule has 6 nitrogen and oxygen atoms in total. The quantitative estimate of drug-likeness (QED) is 0.570. The lowest BCUT2D eigenvalue weighted by atomic mass is 10.2. The van der Waals surface area contributed by atoms with Gasteiger partial charge < -0.3 is 0 Å². The fourth-order valence-electron chi connectivity index (χ4n) is 2.77. The van der Waals surface area contributed by atoms with E-state index in [1.165, 1.54) is 0 Å². The van der Waals surface area contributed by atoms with E-state index < -0.39 is 0 Å². The van der Waals surface area contributed by atoms with Gasteiger partial charge in [-0.1, -0.05) is 37.3 Å². The molecule has 0 fully saturated rings. The highest BCUT2D eigenvalue weighted by molar-refractivity contribution is 7.19. The fourth-order valence-corrected chi connectivity index (χ4v) is 3.61. The second-order valence-electron chi connectivity index (χ2n) is 6.20. The summed E-state index contributed by atoms with van der Waals surface area (Å²) in [5.74, 6) is 1.18. The summed E-state index contributed by atoms with van der Waals surface area (Å²) in [7, 11) is 0. The number of benzene rings is 1. The van der Waals surface area contributed by atoms with E-state index in [2.05, 4.69) is 60.3 Å². The highest BCUT2D eigenvalue weighted by Gasteiger charge is 2.15. The van der Waals surface area contributed by atoms with Crippen molar-refractivity contribution in [2.24, 2.45) is 0 Å². The first-order valence-corrected chi connectivity index (χ1v) is 8.71. The Kier molecular flexibility index (Phi) is 3.45. The maximum absolute atomic E-state index is 4.71. The van der Waals surface area contributed by atoms with Crippen molar-refractivity contribution in [1.82, 2.24) is 29.6 Å². The zero-order chi connectivity index (χ0) is 16.8. The van der Waals surface area contributed by atoms with Crippen LogP contribution in [0.25, 0.3) is 21.2 Å². The predicted molar refractivity (Wildman–Crippen MR) is 94.8 cm³/mol. The Morgan fingerprint density at radius 3 is 2.58 bits per heavy atom. The smallest absolute Gasteiger partial charge is 0.234 e. The first kappa shape index (κ1) is 15.0. The molecular formula is C17H18N6S. The normalized spacial score (nSPS) is 11.7. The van der Waals surface area contributed by atoms with Gasteiger partial charge in [0.1, 0.15) is 5.01 Å². The SMILES string of the molecule is Cc1cc(C)n(-c2cccc(-c3nn4c(C(C)C)nnc4s3)c2)n1. The fraction of sp³-hybridized carbons (Fsp3) is 0.294. The molecule has 0 spiro atoms. The van der Waals surface area contributed by atoms with Crippen molar-refractivity contribution in [2.45, 2.75) is 33.6 Å². The van der Waals surface area contributed by atoms with E-state index in [-0.39, 0.29) is 5.92 Å². The molecule has 0 aliphatic heterocycles. The molecule has 3 heterocycles. The summed E-state index contributed by atoms with van der Waals surface area (Å²) in [4.78, 5) is 0.824. The molecule has 3 aromatic heterocycles. The Hall–Kier alpha value is -2.54. The average molecular weight is 338 g/mol. The molecule has 4 rings (SSSR count). The number of fused-ring (bicyclic) bond motifs is 1. The second-order valence-corrected chi connectivity index (χ2v) is 7.16. The molecule has 0 saturated carbocycles. The summed E-state index contributed by atoms with van der Waals surface area (Å²) in [6, 6.07) is 10.3. The van der Waals surface area contributed by atoms with Crippen LogP contribution >= 0.6 is 11.3 Å². The summed E-state index contributed by atoms with van der Waals surface area (Å²) in [6.45, 7) is 8.26. The lowest BCUT2D eigenvalue weighted by molar-refractivity contribution is 0.727. The molecule has 0 saturated heterocycles. The van der Waals surface area contributed by atoms with E-state index in [0.717, 1.165) is 38.4 Å². The van der Waals surface area contributed by atoms with Crippen LogP contribution in [0.15, 0.2) is 30.3 Å². The minimum atomic E-state index is 0.288. The standard InChI is InChI=1S/C17H18N6S/c1-10(2)15-18-19-17-23(15)21-16(24-17)13-6-5-7-14(9-13)22-12(4)8-11(3)20-22/h5-10H,1-4H3. The van der Waals surface area contributed by atoms with E-state index in [4.69, 9.17) is 5.10 Å². The zero-order valence-corrected chi connectivity index (χ0v) is 14.9. The van der Waals surface area contributed by atoms with Gasteiger partial charge in [-0.3, -0.25) is 0 Å². The lowest BCUT2D eigenvalue weighted by Crippen LogP contribution is -1.99.